The normalized spacial score (nSPS) is 27.5. The molecule has 0 aliphatic heterocycles. The lowest BCUT2D eigenvalue weighted by Crippen LogP contribution is -2.35. The van der Waals surface area contributed by atoms with Crippen molar-refractivity contribution < 1.29 is 4.79 Å². The second-order valence-electron chi connectivity index (χ2n) is 16.7. The number of nitrogens with zero attached hydrogens (tertiary/aromatic N) is 1. The fourth-order valence-corrected chi connectivity index (χ4v) is 9.02. The van der Waals surface area contributed by atoms with Crippen LogP contribution >= 0.6 is 0 Å². The number of fused-ring (bicyclic) bond motifs is 1. The van der Waals surface area contributed by atoms with E-state index in [9.17, 15) is 4.79 Å². The fraction of sp³-hybridized carbons (Fsp3) is 0.717. The van der Waals surface area contributed by atoms with Gasteiger partial charge in [-0.1, -0.05) is 113 Å². The number of carbonyl (C=O) groups is 1. The molecule has 0 radical (unpaired) electrons. The van der Waals surface area contributed by atoms with Crippen LogP contribution in [0.15, 0.2) is 71.9 Å². The first-order valence-electron chi connectivity index (χ1n) is 20.3. The van der Waals surface area contributed by atoms with Crippen LogP contribution in [0.1, 0.15) is 156 Å². The molecule has 0 amide bonds. The van der Waals surface area contributed by atoms with Crippen molar-refractivity contribution in [3.05, 3.63) is 71.9 Å². The Labute approximate surface area is 298 Å². The molecule has 2 nitrogen and oxygen atoms in total. The second-order valence-corrected chi connectivity index (χ2v) is 16.7. The summed E-state index contributed by atoms with van der Waals surface area (Å²) in [7, 11) is 4.30. The highest BCUT2D eigenvalue weighted by Crippen LogP contribution is 2.59. The minimum absolute atomic E-state index is 0.195. The number of Topliss-reactive ketones (excluding diaryl/α,β-unsaturated/α-hetero) is 1. The molecule has 0 bridgehead atoms. The van der Waals surface area contributed by atoms with Crippen molar-refractivity contribution in [2.75, 3.05) is 20.6 Å². The molecule has 1 unspecified atom stereocenters. The van der Waals surface area contributed by atoms with Crippen LogP contribution in [0.5, 0.6) is 0 Å². The van der Waals surface area contributed by atoms with Gasteiger partial charge in [-0.3, -0.25) is 4.79 Å². The average Bonchev–Trinajstić information content (AvgIpc) is 3.41. The largest absolute Gasteiger partial charge is 0.309 e. The summed E-state index contributed by atoms with van der Waals surface area (Å²) in [5, 5.41) is 0. The topological polar surface area (TPSA) is 20.3 Å². The number of hydrogen-bond acceptors (Lipinski definition) is 2. The Hall–Kier alpha value is -1.93. The Balaban J connectivity index is 1.36. The van der Waals surface area contributed by atoms with Crippen LogP contribution in [-0.4, -0.2) is 31.3 Å². The molecule has 0 heterocycles. The number of unbranched alkanes of at least 4 members (excludes halogenated alkanes) is 7. The van der Waals surface area contributed by atoms with Crippen LogP contribution in [0.25, 0.3) is 0 Å². The van der Waals surface area contributed by atoms with Gasteiger partial charge in [-0.2, -0.15) is 0 Å². The number of allylic oxidation sites excluding steroid dienone is 11. The van der Waals surface area contributed by atoms with Gasteiger partial charge in [-0.05, 0) is 158 Å². The van der Waals surface area contributed by atoms with Crippen LogP contribution in [0.2, 0.25) is 0 Å². The van der Waals surface area contributed by atoms with E-state index in [2.05, 4.69) is 102 Å². The monoisotopic (exact) mass is 658 g/mol. The average molecular weight is 658 g/mol. The van der Waals surface area contributed by atoms with Gasteiger partial charge >= 0.3 is 0 Å². The quantitative estimate of drug-likeness (QED) is 0.0904. The fourth-order valence-electron chi connectivity index (χ4n) is 9.02. The van der Waals surface area contributed by atoms with Crippen LogP contribution in [0, 0.1) is 35.0 Å². The zero-order chi connectivity index (χ0) is 34.8. The predicted molar refractivity (Wildman–Crippen MR) is 211 cm³/mol. The Kier molecular flexibility index (Phi) is 18.6. The summed E-state index contributed by atoms with van der Waals surface area (Å²) in [6.45, 7) is 15.3. The van der Waals surface area contributed by atoms with Gasteiger partial charge in [0.05, 0.1) is 0 Å². The number of hydrogen-bond donors (Lipinski definition) is 0. The number of carbonyl (C=O) groups excluding carboxylic acids is 1. The first kappa shape index (κ1) is 40.5. The molecule has 48 heavy (non-hydrogen) atoms. The molecule has 3 fully saturated rings. The van der Waals surface area contributed by atoms with E-state index in [0.29, 0.717) is 23.0 Å². The SMILES string of the molecule is C=C1CC[C@H](C(=O)CCCCCC/C=C\C/C=C\CCCCCN(C)C)C/C1=C\C=C1/CCC[C@@]2(C)C1CC[C@@H]2[C@H](C)/C=C/CC(C)C. The molecular formula is C46H75NO. The smallest absolute Gasteiger partial charge is 0.136 e. The van der Waals surface area contributed by atoms with E-state index >= 15 is 0 Å². The van der Waals surface area contributed by atoms with Gasteiger partial charge in [0.1, 0.15) is 5.78 Å². The van der Waals surface area contributed by atoms with Gasteiger partial charge in [0.15, 0.2) is 0 Å². The highest BCUT2D eigenvalue weighted by atomic mass is 16.1. The molecule has 3 aliphatic carbocycles. The molecule has 5 atom stereocenters. The molecule has 0 aromatic heterocycles. The Morgan fingerprint density at radius 1 is 0.875 bits per heavy atom. The molecule has 3 saturated carbocycles. The van der Waals surface area contributed by atoms with Crippen molar-refractivity contribution in [3.8, 4) is 0 Å². The summed E-state index contributed by atoms with van der Waals surface area (Å²) < 4.78 is 0. The molecule has 0 N–H and O–H groups in total. The molecule has 0 aromatic rings. The summed E-state index contributed by atoms with van der Waals surface area (Å²) in [5.41, 5.74) is 4.71. The van der Waals surface area contributed by atoms with E-state index < -0.39 is 0 Å². The third kappa shape index (κ3) is 13.8. The van der Waals surface area contributed by atoms with E-state index in [-0.39, 0.29) is 5.92 Å². The summed E-state index contributed by atoms with van der Waals surface area (Å²) in [5.74, 6) is 3.59. The first-order valence-corrected chi connectivity index (χ1v) is 20.3. The molecule has 0 spiro atoms. The standard InChI is InChI=1S/C46H75NO/c1-37(2)24-22-25-39(4)43-32-33-44-40(26-23-34-46(43,44)5)30-31-41-36-42(29-28-38(41)3)45(48)27-20-18-16-14-12-10-8-9-11-13-15-17-19-21-35-47(6)7/h8,10-11,13,22,25,30-31,37,39,42-44H,3,9,12,14-21,23-24,26-29,32-36H2,1-2,4-7H3/b10-8-,13-11-,25-22+,40-30+,41-31+/t39-,42+,43-,44?,46-/m1/s1. The molecule has 2 heteroatoms. The highest BCUT2D eigenvalue weighted by molar-refractivity contribution is 5.81. The Morgan fingerprint density at radius 2 is 1.58 bits per heavy atom. The van der Waals surface area contributed by atoms with Gasteiger partial charge in [-0.15, -0.1) is 0 Å². The predicted octanol–water partition coefficient (Wildman–Crippen LogP) is 13.2. The third-order valence-corrected chi connectivity index (χ3v) is 12.0. The van der Waals surface area contributed by atoms with E-state index in [4.69, 9.17) is 0 Å². The van der Waals surface area contributed by atoms with Crippen molar-refractivity contribution in [2.24, 2.45) is 35.0 Å². The Morgan fingerprint density at radius 3 is 2.29 bits per heavy atom. The van der Waals surface area contributed by atoms with E-state index in [1.54, 1.807) is 5.57 Å². The molecule has 0 saturated heterocycles. The maximum absolute atomic E-state index is 13.2. The minimum Gasteiger partial charge on any atom is -0.309 e. The van der Waals surface area contributed by atoms with E-state index in [0.717, 1.165) is 56.8 Å². The first-order chi connectivity index (χ1) is 23.1. The summed E-state index contributed by atoms with van der Waals surface area (Å²) in [6, 6.07) is 0. The highest BCUT2D eigenvalue weighted by Gasteiger charge is 2.50. The summed E-state index contributed by atoms with van der Waals surface area (Å²) >= 11 is 0. The van der Waals surface area contributed by atoms with Gasteiger partial charge in [0, 0.05) is 12.3 Å². The van der Waals surface area contributed by atoms with Crippen molar-refractivity contribution in [1.29, 1.82) is 0 Å². The van der Waals surface area contributed by atoms with Crippen LogP contribution in [0.4, 0.5) is 0 Å². The molecule has 3 rings (SSSR count). The van der Waals surface area contributed by atoms with Crippen molar-refractivity contribution >= 4 is 5.78 Å². The zero-order valence-electron chi connectivity index (χ0n) is 32.4. The number of rotatable bonds is 21. The molecule has 3 aliphatic rings. The zero-order valence-corrected chi connectivity index (χ0v) is 32.4. The summed E-state index contributed by atoms with van der Waals surface area (Å²) in [4.78, 5) is 15.5. The summed E-state index contributed by atoms with van der Waals surface area (Å²) in [6.07, 6.45) is 42.7. The van der Waals surface area contributed by atoms with Crippen molar-refractivity contribution in [3.63, 3.8) is 0 Å². The lowest BCUT2D eigenvalue weighted by atomic mass is 9.61. The molecule has 270 valence electrons. The lowest BCUT2D eigenvalue weighted by molar-refractivity contribution is -0.123. The second kappa shape index (κ2) is 22.0. The maximum Gasteiger partial charge on any atom is 0.136 e. The lowest BCUT2D eigenvalue weighted by Gasteiger charge is -2.44. The van der Waals surface area contributed by atoms with Gasteiger partial charge in [0.2, 0.25) is 0 Å². The van der Waals surface area contributed by atoms with Gasteiger partial charge < -0.3 is 4.90 Å². The van der Waals surface area contributed by atoms with E-state index in [1.807, 2.05) is 0 Å². The van der Waals surface area contributed by atoms with Crippen LogP contribution < -0.4 is 0 Å². The third-order valence-electron chi connectivity index (χ3n) is 12.0. The van der Waals surface area contributed by atoms with E-state index in [1.165, 1.54) is 101 Å². The van der Waals surface area contributed by atoms with Crippen molar-refractivity contribution in [1.82, 2.24) is 4.90 Å². The Bertz CT molecular complexity index is 1110. The van der Waals surface area contributed by atoms with Crippen LogP contribution in [0.3, 0.4) is 0 Å². The minimum atomic E-state index is 0.195. The van der Waals surface area contributed by atoms with Gasteiger partial charge in [-0.25, -0.2) is 0 Å². The van der Waals surface area contributed by atoms with Crippen molar-refractivity contribution in [2.45, 2.75) is 156 Å². The van der Waals surface area contributed by atoms with Gasteiger partial charge in [0.25, 0.3) is 0 Å². The number of ketones is 1. The van der Waals surface area contributed by atoms with Crippen LogP contribution in [-0.2, 0) is 4.79 Å². The molecular weight excluding hydrogens is 583 g/mol. The molecule has 0 aromatic carbocycles. The maximum atomic E-state index is 13.2.